The Labute approximate surface area is 117 Å². The fraction of sp³-hybridized carbons (Fsp3) is 0.417. The van der Waals surface area contributed by atoms with Crippen LogP contribution in [0.3, 0.4) is 0 Å². The number of halogens is 4. The minimum atomic E-state index is -4.52. The molecular weight excluding hydrogens is 295 g/mol. The van der Waals surface area contributed by atoms with Crippen LogP contribution in [0.4, 0.5) is 19.0 Å². The number of rotatable bonds is 2. The average Bonchev–Trinajstić information content (AvgIpc) is 3.12. The van der Waals surface area contributed by atoms with Gasteiger partial charge in [0.1, 0.15) is 0 Å². The largest absolute Gasteiger partial charge is 0.417 e. The second-order valence-electron chi connectivity index (χ2n) is 4.78. The van der Waals surface area contributed by atoms with E-state index in [4.69, 9.17) is 11.6 Å². The summed E-state index contributed by atoms with van der Waals surface area (Å²) in [6.07, 6.45) is -1.70. The molecule has 4 nitrogen and oxygen atoms in total. The van der Waals surface area contributed by atoms with Crippen molar-refractivity contribution in [3.05, 3.63) is 22.8 Å². The van der Waals surface area contributed by atoms with E-state index in [-0.39, 0.29) is 23.2 Å². The van der Waals surface area contributed by atoms with Gasteiger partial charge in [0.15, 0.2) is 5.82 Å². The van der Waals surface area contributed by atoms with Gasteiger partial charge in [0, 0.05) is 6.20 Å². The van der Waals surface area contributed by atoms with E-state index in [0.29, 0.717) is 12.1 Å². The fourth-order valence-electron chi connectivity index (χ4n) is 2.00. The second-order valence-corrected chi connectivity index (χ2v) is 5.18. The molecule has 2 aliphatic rings. The maximum absolute atomic E-state index is 12.5. The van der Waals surface area contributed by atoms with Crippen LogP contribution in [0, 0.1) is 5.92 Å². The molecule has 0 spiro atoms. The lowest BCUT2D eigenvalue weighted by molar-refractivity contribution is -0.137. The summed E-state index contributed by atoms with van der Waals surface area (Å²) in [7, 11) is 0. The molecule has 1 aliphatic carbocycles. The summed E-state index contributed by atoms with van der Waals surface area (Å²) in [5, 5.41) is 4.88. The number of nitrogens with zero attached hydrogens (tertiary/aromatic N) is 3. The summed E-state index contributed by atoms with van der Waals surface area (Å²) in [6.45, 7) is 0. The Bertz CT molecular complexity index is 610. The molecule has 2 heterocycles. The Morgan fingerprint density at radius 1 is 1.35 bits per heavy atom. The number of pyridine rings is 1. The fourth-order valence-corrected chi connectivity index (χ4v) is 2.25. The maximum Gasteiger partial charge on any atom is 0.417 e. The van der Waals surface area contributed by atoms with Crippen LogP contribution in [-0.4, -0.2) is 16.6 Å². The van der Waals surface area contributed by atoms with Gasteiger partial charge in [-0.2, -0.15) is 23.3 Å². The summed E-state index contributed by atoms with van der Waals surface area (Å²) in [5.74, 6) is -0.0569. The van der Waals surface area contributed by atoms with Gasteiger partial charge in [0.05, 0.1) is 22.7 Å². The van der Waals surface area contributed by atoms with Crippen LogP contribution < -0.4 is 5.01 Å². The lowest BCUT2D eigenvalue weighted by Crippen LogP contribution is -2.21. The normalized spacial score (nSPS) is 19.5. The zero-order valence-electron chi connectivity index (χ0n) is 10.1. The summed E-state index contributed by atoms with van der Waals surface area (Å²) in [6, 6.07) is 0.752. The van der Waals surface area contributed by atoms with E-state index >= 15 is 0 Å². The van der Waals surface area contributed by atoms with Gasteiger partial charge >= 0.3 is 6.18 Å². The summed E-state index contributed by atoms with van der Waals surface area (Å²) >= 11 is 5.80. The van der Waals surface area contributed by atoms with E-state index in [1.807, 2.05) is 0 Å². The Morgan fingerprint density at radius 3 is 2.60 bits per heavy atom. The molecule has 0 aromatic carbocycles. The quantitative estimate of drug-likeness (QED) is 0.842. The van der Waals surface area contributed by atoms with Crippen molar-refractivity contribution in [2.75, 3.05) is 5.01 Å². The lowest BCUT2D eigenvalue weighted by Gasteiger charge is -2.14. The van der Waals surface area contributed by atoms with Crippen LogP contribution in [0.5, 0.6) is 0 Å². The predicted octanol–water partition coefficient (Wildman–Crippen LogP) is 3.26. The molecule has 8 heteroatoms. The molecule has 1 aromatic rings. The molecule has 3 rings (SSSR count). The summed E-state index contributed by atoms with van der Waals surface area (Å²) < 4.78 is 37.6. The standard InChI is InChI=1S/C12H9ClF3N3O/c13-8-3-7(12(14,15)16)5-17-11(8)19-10(20)4-9(18-19)6-1-2-6/h3,5-6H,1-2,4H2. The molecule has 0 unspecified atom stereocenters. The summed E-state index contributed by atoms with van der Waals surface area (Å²) in [5.41, 5.74) is -0.197. The van der Waals surface area contributed by atoms with Gasteiger partial charge in [-0.25, -0.2) is 4.98 Å². The van der Waals surface area contributed by atoms with E-state index in [9.17, 15) is 18.0 Å². The van der Waals surface area contributed by atoms with E-state index in [1.54, 1.807) is 0 Å². The number of hydrazone groups is 1. The minimum Gasteiger partial charge on any atom is -0.272 e. The van der Waals surface area contributed by atoms with Gasteiger partial charge in [0.2, 0.25) is 0 Å². The van der Waals surface area contributed by atoms with Gasteiger partial charge in [-0.15, -0.1) is 0 Å². The van der Waals surface area contributed by atoms with Crippen LogP contribution >= 0.6 is 11.6 Å². The first-order valence-corrected chi connectivity index (χ1v) is 6.37. The Kier molecular flexibility index (Phi) is 2.97. The Balaban J connectivity index is 1.92. The van der Waals surface area contributed by atoms with E-state index in [0.717, 1.165) is 29.6 Å². The van der Waals surface area contributed by atoms with Gasteiger partial charge in [-0.1, -0.05) is 11.6 Å². The number of aromatic nitrogens is 1. The monoisotopic (exact) mass is 303 g/mol. The van der Waals surface area contributed by atoms with Crippen LogP contribution in [0.1, 0.15) is 24.8 Å². The van der Waals surface area contributed by atoms with Crippen LogP contribution in [0.15, 0.2) is 17.4 Å². The number of carbonyl (C=O) groups is 1. The minimum absolute atomic E-state index is 0.0553. The third-order valence-corrected chi connectivity index (χ3v) is 3.47. The van der Waals surface area contributed by atoms with Crippen molar-refractivity contribution >= 4 is 29.0 Å². The van der Waals surface area contributed by atoms with E-state index < -0.39 is 11.7 Å². The van der Waals surface area contributed by atoms with E-state index in [1.165, 1.54) is 0 Å². The number of carbonyl (C=O) groups excluding carboxylic acids is 1. The second kappa shape index (κ2) is 4.44. The van der Waals surface area contributed by atoms with Crippen LogP contribution in [0.2, 0.25) is 5.02 Å². The first-order valence-electron chi connectivity index (χ1n) is 5.99. The summed E-state index contributed by atoms with van der Waals surface area (Å²) in [4.78, 5) is 15.5. The Hall–Kier alpha value is -1.63. The van der Waals surface area contributed by atoms with Crippen molar-refractivity contribution in [2.45, 2.75) is 25.4 Å². The molecule has 1 fully saturated rings. The number of hydrogen-bond donors (Lipinski definition) is 0. The van der Waals surface area contributed by atoms with Gasteiger partial charge in [0.25, 0.3) is 5.91 Å². The van der Waals surface area contributed by atoms with Crippen molar-refractivity contribution in [3.63, 3.8) is 0 Å². The van der Waals surface area contributed by atoms with Crippen molar-refractivity contribution in [1.82, 2.24) is 4.98 Å². The highest BCUT2D eigenvalue weighted by atomic mass is 35.5. The van der Waals surface area contributed by atoms with E-state index in [2.05, 4.69) is 10.1 Å². The zero-order chi connectivity index (χ0) is 14.5. The predicted molar refractivity (Wildman–Crippen MR) is 66.5 cm³/mol. The molecule has 1 aromatic heterocycles. The number of amides is 1. The Morgan fingerprint density at radius 2 is 2.05 bits per heavy atom. The third-order valence-electron chi connectivity index (χ3n) is 3.20. The van der Waals surface area contributed by atoms with Gasteiger partial charge in [-0.05, 0) is 24.8 Å². The van der Waals surface area contributed by atoms with Crippen LogP contribution in [-0.2, 0) is 11.0 Å². The third kappa shape index (κ3) is 2.37. The highest BCUT2D eigenvalue weighted by Crippen LogP contribution is 2.38. The number of anilines is 1. The molecule has 106 valence electrons. The molecule has 0 radical (unpaired) electrons. The van der Waals surface area contributed by atoms with Crippen molar-refractivity contribution in [3.8, 4) is 0 Å². The number of hydrogen-bond acceptors (Lipinski definition) is 3. The maximum atomic E-state index is 12.5. The van der Waals surface area contributed by atoms with Gasteiger partial charge in [-0.3, -0.25) is 4.79 Å². The highest BCUT2D eigenvalue weighted by molar-refractivity contribution is 6.34. The van der Waals surface area contributed by atoms with Crippen molar-refractivity contribution < 1.29 is 18.0 Å². The van der Waals surface area contributed by atoms with Crippen molar-refractivity contribution in [1.29, 1.82) is 0 Å². The van der Waals surface area contributed by atoms with Crippen molar-refractivity contribution in [2.24, 2.45) is 11.0 Å². The molecule has 0 N–H and O–H groups in total. The molecule has 1 saturated carbocycles. The molecule has 1 amide bonds. The van der Waals surface area contributed by atoms with Crippen LogP contribution in [0.25, 0.3) is 0 Å². The highest BCUT2D eigenvalue weighted by Gasteiger charge is 2.37. The molecule has 0 atom stereocenters. The topological polar surface area (TPSA) is 45.6 Å². The lowest BCUT2D eigenvalue weighted by atomic mass is 10.2. The van der Waals surface area contributed by atoms with Gasteiger partial charge < -0.3 is 0 Å². The molecule has 0 bridgehead atoms. The molecule has 0 saturated heterocycles. The first kappa shape index (κ1) is 13.4. The first-order chi connectivity index (χ1) is 9.36. The zero-order valence-corrected chi connectivity index (χ0v) is 10.9. The number of alkyl halides is 3. The molecular formula is C12H9ClF3N3O. The smallest absolute Gasteiger partial charge is 0.272 e. The molecule has 1 aliphatic heterocycles. The average molecular weight is 304 g/mol. The SMILES string of the molecule is O=C1CC(C2CC2)=NN1c1ncc(C(F)(F)F)cc1Cl. The molecule has 20 heavy (non-hydrogen) atoms.